The third-order valence-corrected chi connectivity index (χ3v) is 1.77. The van der Waals surface area contributed by atoms with Crippen LogP contribution in [0.1, 0.15) is 18.4 Å². The largest absolute Gasteiger partial charge is 0.480 e. The Morgan fingerprint density at radius 1 is 1.69 bits per heavy atom. The zero-order chi connectivity index (χ0) is 10.1. The lowest BCUT2D eigenvalue weighted by molar-refractivity contribution is -0.143. The highest BCUT2D eigenvalue weighted by Crippen LogP contribution is 2.20. The molecular formula is C8H11NO4. The summed E-state index contributed by atoms with van der Waals surface area (Å²) in [7, 11) is 0. The highest BCUT2D eigenvalue weighted by molar-refractivity contribution is 5.78. The maximum absolute atomic E-state index is 10.7. The Hall–Kier alpha value is -1.33. The molecule has 0 aromatic carbocycles. The molecule has 1 atom stereocenters. The first-order valence-corrected chi connectivity index (χ1v) is 3.71. The minimum absolute atomic E-state index is 0.129. The summed E-state index contributed by atoms with van der Waals surface area (Å²) in [6.45, 7) is 1.06. The number of carbonyl (C=O) groups is 1. The van der Waals surface area contributed by atoms with E-state index in [9.17, 15) is 4.79 Å². The number of hydrogen-bond acceptors (Lipinski definition) is 4. The molecule has 4 N–H and O–H groups in total. The number of hydrogen-bond donors (Lipinski definition) is 3. The van der Waals surface area contributed by atoms with Crippen LogP contribution in [-0.2, 0) is 16.9 Å². The van der Waals surface area contributed by atoms with E-state index >= 15 is 0 Å². The maximum atomic E-state index is 10.7. The van der Waals surface area contributed by atoms with Gasteiger partial charge >= 0.3 is 5.97 Å². The first-order valence-electron chi connectivity index (χ1n) is 3.71. The van der Waals surface area contributed by atoms with Crippen LogP contribution in [0.3, 0.4) is 0 Å². The van der Waals surface area contributed by atoms with Gasteiger partial charge in [-0.25, -0.2) is 4.79 Å². The maximum Gasteiger partial charge on any atom is 0.331 e. The average Bonchev–Trinajstić information content (AvgIpc) is 2.51. The molecule has 0 saturated heterocycles. The van der Waals surface area contributed by atoms with E-state index in [4.69, 9.17) is 20.4 Å². The molecule has 1 heterocycles. The van der Waals surface area contributed by atoms with Crippen molar-refractivity contribution >= 4 is 5.97 Å². The van der Waals surface area contributed by atoms with Gasteiger partial charge in [0.15, 0.2) is 5.54 Å². The Kier molecular flexibility index (Phi) is 2.40. The standard InChI is InChI=1S/C8H11NO4/c1-8(9,7(11)12)6-3-2-5(4-10)13-6/h2-3,10H,4,9H2,1H3,(H,11,12)/t8-/m0/s1. The van der Waals surface area contributed by atoms with E-state index < -0.39 is 11.5 Å². The fraction of sp³-hybridized carbons (Fsp3) is 0.375. The predicted octanol–water partition coefficient (Wildman–Crippen LogP) is 0.0304. The lowest BCUT2D eigenvalue weighted by Crippen LogP contribution is -2.41. The molecule has 0 fully saturated rings. The Morgan fingerprint density at radius 2 is 2.31 bits per heavy atom. The molecule has 0 unspecified atom stereocenters. The Morgan fingerprint density at radius 3 is 2.69 bits per heavy atom. The Bertz CT molecular complexity index is 316. The molecule has 0 bridgehead atoms. The first kappa shape index (κ1) is 9.76. The van der Waals surface area contributed by atoms with Gasteiger partial charge in [-0.15, -0.1) is 0 Å². The SMILES string of the molecule is C[C@@](N)(C(=O)O)c1ccc(CO)o1. The van der Waals surface area contributed by atoms with Gasteiger partial charge in [-0.05, 0) is 19.1 Å². The van der Waals surface area contributed by atoms with Gasteiger partial charge in [0.1, 0.15) is 18.1 Å². The van der Waals surface area contributed by atoms with Crippen molar-refractivity contribution in [2.75, 3.05) is 0 Å². The van der Waals surface area contributed by atoms with Crippen molar-refractivity contribution in [2.24, 2.45) is 5.73 Å². The van der Waals surface area contributed by atoms with E-state index in [1.165, 1.54) is 19.1 Å². The molecule has 0 amide bonds. The van der Waals surface area contributed by atoms with Crippen molar-refractivity contribution in [2.45, 2.75) is 19.1 Å². The highest BCUT2D eigenvalue weighted by Gasteiger charge is 2.33. The summed E-state index contributed by atoms with van der Waals surface area (Å²) < 4.78 is 5.00. The fourth-order valence-corrected chi connectivity index (χ4v) is 0.847. The van der Waals surface area contributed by atoms with Crippen LogP contribution >= 0.6 is 0 Å². The van der Waals surface area contributed by atoms with E-state index in [0.717, 1.165) is 0 Å². The van der Waals surface area contributed by atoms with Gasteiger partial charge in [-0.3, -0.25) is 0 Å². The second-order valence-electron chi connectivity index (χ2n) is 2.93. The fourth-order valence-electron chi connectivity index (χ4n) is 0.847. The summed E-state index contributed by atoms with van der Waals surface area (Å²) in [4.78, 5) is 10.7. The van der Waals surface area contributed by atoms with Crippen LogP contribution in [-0.4, -0.2) is 16.2 Å². The molecule has 72 valence electrons. The topological polar surface area (TPSA) is 96.7 Å². The van der Waals surface area contributed by atoms with Gasteiger partial charge in [0, 0.05) is 0 Å². The van der Waals surface area contributed by atoms with Gasteiger partial charge in [0.05, 0.1) is 0 Å². The predicted molar refractivity (Wildman–Crippen MR) is 43.8 cm³/mol. The van der Waals surface area contributed by atoms with Crippen molar-refractivity contribution in [3.05, 3.63) is 23.7 Å². The van der Waals surface area contributed by atoms with E-state index in [0.29, 0.717) is 5.76 Å². The monoisotopic (exact) mass is 185 g/mol. The number of rotatable bonds is 3. The van der Waals surface area contributed by atoms with E-state index in [2.05, 4.69) is 0 Å². The molecule has 1 rings (SSSR count). The van der Waals surface area contributed by atoms with Crippen molar-refractivity contribution in [3.8, 4) is 0 Å². The van der Waals surface area contributed by atoms with Gasteiger partial charge in [-0.1, -0.05) is 0 Å². The number of aliphatic hydroxyl groups excluding tert-OH is 1. The molecule has 1 aromatic rings. The van der Waals surface area contributed by atoms with Gasteiger partial charge < -0.3 is 20.4 Å². The molecule has 5 nitrogen and oxygen atoms in total. The van der Waals surface area contributed by atoms with Crippen molar-refractivity contribution in [1.29, 1.82) is 0 Å². The molecular weight excluding hydrogens is 174 g/mol. The third kappa shape index (κ3) is 1.71. The number of aliphatic hydroxyl groups is 1. The Balaban J connectivity index is 3.00. The van der Waals surface area contributed by atoms with Crippen molar-refractivity contribution in [3.63, 3.8) is 0 Å². The van der Waals surface area contributed by atoms with Crippen LogP contribution in [0, 0.1) is 0 Å². The number of furan rings is 1. The normalized spacial score (nSPS) is 15.3. The molecule has 13 heavy (non-hydrogen) atoms. The zero-order valence-electron chi connectivity index (χ0n) is 7.15. The summed E-state index contributed by atoms with van der Waals surface area (Å²) in [6.07, 6.45) is 0. The van der Waals surface area contributed by atoms with Crippen LogP contribution < -0.4 is 5.73 Å². The molecule has 0 saturated carbocycles. The quantitative estimate of drug-likeness (QED) is 0.617. The lowest BCUT2D eigenvalue weighted by atomic mass is 10.0. The van der Waals surface area contributed by atoms with Crippen LogP contribution in [0.25, 0.3) is 0 Å². The van der Waals surface area contributed by atoms with Crippen LogP contribution in [0.5, 0.6) is 0 Å². The summed E-state index contributed by atoms with van der Waals surface area (Å²) >= 11 is 0. The van der Waals surface area contributed by atoms with Gasteiger partial charge in [0.25, 0.3) is 0 Å². The summed E-state index contributed by atoms with van der Waals surface area (Å²) in [5, 5.41) is 17.4. The molecule has 5 heteroatoms. The van der Waals surface area contributed by atoms with Crippen LogP contribution in [0.15, 0.2) is 16.5 Å². The molecule has 1 aromatic heterocycles. The van der Waals surface area contributed by atoms with Gasteiger partial charge in [-0.2, -0.15) is 0 Å². The second kappa shape index (κ2) is 3.20. The molecule has 0 aliphatic rings. The number of nitrogens with two attached hydrogens (primary N) is 1. The van der Waals surface area contributed by atoms with E-state index in [1.54, 1.807) is 0 Å². The first-order chi connectivity index (χ1) is 5.98. The van der Waals surface area contributed by atoms with Crippen LogP contribution in [0.4, 0.5) is 0 Å². The summed E-state index contributed by atoms with van der Waals surface area (Å²) in [5.74, 6) is -0.747. The van der Waals surface area contributed by atoms with Crippen molar-refractivity contribution in [1.82, 2.24) is 0 Å². The second-order valence-corrected chi connectivity index (χ2v) is 2.93. The minimum atomic E-state index is -1.55. The zero-order valence-corrected chi connectivity index (χ0v) is 7.15. The molecule has 0 spiro atoms. The summed E-state index contributed by atoms with van der Waals surface area (Å²) in [6, 6.07) is 2.93. The lowest BCUT2D eigenvalue weighted by Gasteiger charge is -2.15. The molecule has 0 aliphatic carbocycles. The van der Waals surface area contributed by atoms with Gasteiger partial charge in [0.2, 0.25) is 0 Å². The number of carboxylic acid groups (broad SMARTS) is 1. The summed E-state index contributed by atoms with van der Waals surface area (Å²) in [5.41, 5.74) is 3.93. The number of carboxylic acids is 1. The van der Waals surface area contributed by atoms with E-state index in [1.807, 2.05) is 0 Å². The number of aliphatic carboxylic acids is 1. The van der Waals surface area contributed by atoms with Crippen molar-refractivity contribution < 1.29 is 19.4 Å². The minimum Gasteiger partial charge on any atom is -0.480 e. The Labute approximate surface area is 74.8 Å². The highest BCUT2D eigenvalue weighted by atomic mass is 16.4. The average molecular weight is 185 g/mol. The molecule has 0 radical (unpaired) electrons. The van der Waals surface area contributed by atoms with Crippen LogP contribution in [0.2, 0.25) is 0 Å². The molecule has 0 aliphatic heterocycles. The third-order valence-electron chi connectivity index (χ3n) is 1.77. The van der Waals surface area contributed by atoms with E-state index in [-0.39, 0.29) is 12.4 Å². The smallest absolute Gasteiger partial charge is 0.331 e.